The zero-order chi connectivity index (χ0) is 16.8. The summed E-state index contributed by atoms with van der Waals surface area (Å²) in [6, 6.07) is 4.09. The molecule has 2 rings (SSSR count). The summed E-state index contributed by atoms with van der Waals surface area (Å²) < 4.78 is 10.7. The lowest BCUT2D eigenvalue weighted by molar-refractivity contribution is -0.131. The SMILES string of the molecule is CCCCN(C)C(=O)CN1CCc2cc(OC)c(OC)cc2C1. The van der Waals surface area contributed by atoms with E-state index in [1.54, 1.807) is 14.2 Å². The van der Waals surface area contributed by atoms with E-state index >= 15 is 0 Å². The first-order valence-electron chi connectivity index (χ1n) is 8.29. The van der Waals surface area contributed by atoms with Crippen molar-refractivity contribution in [2.45, 2.75) is 32.7 Å². The molecule has 1 aromatic rings. The molecule has 1 heterocycles. The Balaban J connectivity index is 2.01. The highest BCUT2D eigenvalue weighted by atomic mass is 16.5. The number of carbonyl (C=O) groups excluding carboxylic acids is 1. The van der Waals surface area contributed by atoms with Crippen LogP contribution in [-0.4, -0.2) is 56.6 Å². The van der Waals surface area contributed by atoms with Gasteiger partial charge in [-0.25, -0.2) is 0 Å². The highest BCUT2D eigenvalue weighted by molar-refractivity contribution is 5.78. The van der Waals surface area contributed by atoms with E-state index in [4.69, 9.17) is 9.47 Å². The molecule has 1 amide bonds. The van der Waals surface area contributed by atoms with Crippen LogP contribution in [0.4, 0.5) is 0 Å². The van der Waals surface area contributed by atoms with E-state index in [9.17, 15) is 4.79 Å². The summed E-state index contributed by atoms with van der Waals surface area (Å²) in [6.07, 6.45) is 3.10. The highest BCUT2D eigenvalue weighted by Crippen LogP contribution is 2.33. The fourth-order valence-corrected chi connectivity index (χ4v) is 2.91. The van der Waals surface area contributed by atoms with Crippen molar-refractivity contribution in [2.75, 3.05) is 40.9 Å². The molecule has 23 heavy (non-hydrogen) atoms. The van der Waals surface area contributed by atoms with Crippen molar-refractivity contribution in [1.29, 1.82) is 0 Å². The lowest BCUT2D eigenvalue weighted by atomic mass is 9.99. The molecule has 128 valence electrons. The predicted molar refractivity (Wildman–Crippen MR) is 91.1 cm³/mol. The molecule has 0 radical (unpaired) electrons. The van der Waals surface area contributed by atoms with E-state index in [2.05, 4.69) is 17.9 Å². The summed E-state index contributed by atoms with van der Waals surface area (Å²) in [4.78, 5) is 16.3. The molecule has 0 spiro atoms. The van der Waals surface area contributed by atoms with Crippen molar-refractivity contribution < 1.29 is 14.3 Å². The lowest BCUT2D eigenvalue weighted by Crippen LogP contribution is -2.41. The zero-order valence-corrected chi connectivity index (χ0v) is 14.7. The first kappa shape index (κ1) is 17.6. The van der Waals surface area contributed by atoms with Crippen LogP contribution < -0.4 is 9.47 Å². The molecule has 0 saturated carbocycles. The van der Waals surface area contributed by atoms with Crippen LogP contribution in [0.15, 0.2) is 12.1 Å². The van der Waals surface area contributed by atoms with Gasteiger partial charge in [0.05, 0.1) is 20.8 Å². The smallest absolute Gasteiger partial charge is 0.236 e. The monoisotopic (exact) mass is 320 g/mol. The molecule has 5 nitrogen and oxygen atoms in total. The maximum Gasteiger partial charge on any atom is 0.236 e. The van der Waals surface area contributed by atoms with Crippen LogP contribution in [-0.2, 0) is 17.8 Å². The standard InChI is InChI=1S/C18H28N2O3/c1-5-6-8-19(2)18(21)13-20-9-7-14-10-16(22-3)17(23-4)11-15(14)12-20/h10-11H,5-9,12-13H2,1-4H3. The molecule has 0 aliphatic carbocycles. The van der Waals surface area contributed by atoms with Crippen molar-refractivity contribution in [3.8, 4) is 11.5 Å². The van der Waals surface area contributed by atoms with Crippen LogP contribution in [0.25, 0.3) is 0 Å². The van der Waals surface area contributed by atoms with Gasteiger partial charge in [0.2, 0.25) is 5.91 Å². The number of benzene rings is 1. The number of amides is 1. The molecule has 1 aliphatic rings. The minimum Gasteiger partial charge on any atom is -0.493 e. The van der Waals surface area contributed by atoms with Crippen LogP contribution in [0.1, 0.15) is 30.9 Å². The quantitative estimate of drug-likeness (QED) is 0.773. The minimum atomic E-state index is 0.197. The highest BCUT2D eigenvalue weighted by Gasteiger charge is 2.22. The van der Waals surface area contributed by atoms with E-state index < -0.39 is 0 Å². The van der Waals surface area contributed by atoms with Gasteiger partial charge in [0, 0.05) is 26.7 Å². The second-order valence-corrected chi connectivity index (χ2v) is 6.11. The molecule has 0 N–H and O–H groups in total. The van der Waals surface area contributed by atoms with Crippen LogP contribution in [0.5, 0.6) is 11.5 Å². The molecule has 0 atom stereocenters. The molecule has 0 saturated heterocycles. The van der Waals surface area contributed by atoms with Crippen LogP contribution >= 0.6 is 0 Å². The Kier molecular flexibility index (Phi) is 6.28. The van der Waals surface area contributed by atoms with Crippen molar-refractivity contribution in [3.05, 3.63) is 23.3 Å². The van der Waals surface area contributed by atoms with Crippen molar-refractivity contribution in [3.63, 3.8) is 0 Å². The summed E-state index contributed by atoms with van der Waals surface area (Å²) in [5.41, 5.74) is 2.50. The third-order valence-electron chi connectivity index (χ3n) is 4.43. The number of hydrogen-bond donors (Lipinski definition) is 0. The Bertz CT molecular complexity index is 545. The minimum absolute atomic E-state index is 0.197. The summed E-state index contributed by atoms with van der Waals surface area (Å²) in [7, 11) is 5.20. The average molecular weight is 320 g/mol. The molecule has 1 aliphatic heterocycles. The van der Waals surface area contributed by atoms with Crippen LogP contribution in [0, 0.1) is 0 Å². The van der Waals surface area contributed by atoms with Gasteiger partial charge in [-0.3, -0.25) is 9.69 Å². The molecular weight excluding hydrogens is 292 g/mol. The van der Waals surface area contributed by atoms with Gasteiger partial charge in [0.25, 0.3) is 0 Å². The second-order valence-electron chi connectivity index (χ2n) is 6.11. The van der Waals surface area contributed by atoms with Crippen LogP contribution in [0.3, 0.4) is 0 Å². The molecule has 1 aromatic carbocycles. The third kappa shape index (κ3) is 4.38. The van der Waals surface area contributed by atoms with Gasteiger partial charge in [0.1, 0.15) is 0 Å². The van der Waals surface area contributed by atoms with E-state index in [1.165, 1.54) is 11.1 Å². The molecule has 0 aromatic heterocycles. The van der Waals surface area contributed by atoms with Crippen molar-refractivity contribution in [2.24, 2.45) is 0 Å². The largest absolute Gasteiger partial charge is 0.493 e. The number of hydrogen-bond acceptors (Lipinski definition) is 4. The van der Waals surface area contributed by atoms with Gasteiger partial charge in [-0.05, 0) is 36.1 Å². The fourth-order valence-electron chi connectivity index (χ4n) is 2.91. The normalized spacial score (nSPS) is 14.3. The zero-order valence-electron chi connectivity index (χ0n) is 14.7. The van der Waals surface area contributed by atoms with E-state index in [0.717, 1.165) is 50.4 Å². The number of nitrogens with zero attached hydrogens (tertiary/aromatic N) is 2. The number of likely N-dealkylation sites (N-methyl/N-ethyl adjacent to an activating group) is 1. The lowest BCUT2D eigenvalue weighted by Gasteiger charge is -2.30. The molecular formula is C18H28N2O3. The number of unbranched alkanes of at least 4 members (excludes halogenated alkanes) is 1. The van der Waals surface area contributed by atoms with Gasteiger partial charge in [0.15, 0.2) is 11.5 Å². The number of carbonyl (C=O) groups is 1. The first-order chi connectivity index (χ1) is 11.1. The molecule has 0 fully saturated rings. The Morgan fingerprint density at radius 1 is 1.22 bits per heavy atom. The summed E-state index contributed by atoms with van der Waals surface area (Å²) in [5, 5.41) is 0. The first-order valence-corrected chi connectivity index (χ1v) is 8.29. The maximum absolute atomic E-state index is 12.3. The number of methoxy groups -OCH3 is 2. The van der Waals surface area contributed by atoms with Gasteiger partial charge in [-0.1, -0.05) is 13.3 Å². The van der Waals surface area contributed by atoms with E-state index in [1.807, 2.05) is 18.0 Å². The molecule has 5 heteroatoms. The Morgan fingerprint density at radius 3 is 2.48 bits per heavy atom. The predicted octanol–water partition coefficient (Wildman–Crippen LogP) is 2.32. The van der Waals surface area contributed by atoms with Gasteiger partial charge in [-0.15, -0.1) is 0 Å². The maximum atomic E-state index is 12.3. The van der Waals surface area contributed by atoms with Crippen molar-refractivity contribution in [1.82, 2.24) is 9.80 Å². The molecule has 0 bridgehead atoms. The third-order valence-corrected chi connectivity index (χ3v) is 4.43. The van der Waals surface area contributed by atoms with E-state index in [-0.39, 0.29) is 5.91 Å². The fraction of sp³-hybridized carbons (Fsp3) is 0.611. The Hall–Kier alpha value is -1.75. The average Bonchev–Trinajstić information content (AvgIpc) is 2.58. The van der Waals surface area contributed by atoms with E-state index in [0.29, 0.717) is 6.54 Å². The number of ether oxygens (including phenoxy) is 2. The topological polar surface area (TPSA) is 42.0 Å². The van der Waals surface area contributed by atoms with Crippen molar-refractivity contribution >= 4 is 5.91 Å². The van der Waals surface area contributed by atoms with Gasteiger partial charge >= 0.3 is 0 Å². The summed E-state index contributed by atoms with van der Waals surface area (Å²) in [5.74, 6) is 1.72. The Labute approximate surface area is 139 Å². The van der Waals surface area contributed by atoms with Crippen LogP contribution in [0.2, 0.25) is 0 Å². The molecule has 0 unspecified atom stereocenters. The summed E-state index contributed by atoms with van der Waals surface area (Å²) >= 11 is 0. The number of fused-ring (bicyclic) bond motifs is 1. The second kappa shape index (κ2) is 8.20. The number of rotatable bonds is 7. The summed E-state index contributed by atoms with van der Waals surface area (Å²) in [6.45, 7) is 5.14. The van der Waals surface area contributed by atoms with Gasteiger partial charge < -0.3 is 14.4 Å². The Morgan fingerprint density at radius 2 is 1.87 bits per heavy atom. The van der Waals surface area contributed by atoms with Gasteiger partial charge in [-0.2, -0.15) is 0 Å².